The molecule has 32 heavy (non-hydrogen) atoms. The number of fused-ring (bicyclic) bond motifs is 2. The molecule has 9 nitrogen and oxygen atoms in total. The molecular formula is C23H22N8O. The molecule has 4 aromatic heterocycles. The van der Waals surface area contributed by atoms with E-state index < -0.39 is 0 Å². The highest BCUT2D eigenvalue weighted by Crippen LogP contribution is 2.21. The largest absolute Gasteiger partial charge is 0.379 e. The highest BCUT2D eigenvalue weighted by atomic mass is 16.5. The Morgan fingerprint density at radius 1 is 1.06 bits per heavy atom. The number of rotatable bonds is 6. The number of pyridine rings is 2. The first kappa shape index (κ1) is 18.8. The van der Waals surface area contributed by atoms with Gasteiger partial charge in [-0.2, -0.15) is 0 Å². The van der Waals surface area contributed by atoms with Crippen LogP contribution in [0, 0.1) is 0 Å². The summed E-state index contributed by atoms with van der Waals surface area (Å²) >= 11 is 0. The highest BCUT2D eigenvalue weighted by Gasteiger charge is 2.16. The Labute approximate surface area is 183 Å². The lowest BCUT2D eigenvalue weighted by Crippen LogP contribution is -2.19. The molecule has 0 aliphatic carbocycles. The molecule has 0 bridgehead atoms. The van der Waals surface area contributed by atoms with Crippen molar-refractivity contribution in [1.29, 1.82) is 0 Å². The molecule has 160 valence electrons. The Kier molecular flexibility index (Phi) is 4.65. The molecule has 1 aliphatic rings. The molecule has 0 radical (unpaired) electrons. The lowest BCUT2D eigenvalue weighted by atomic mass is 10.1. The van der Waals surface area contributed by atoms with E-state index in [9.17, 15) is 0 Å². The van der Waals surface area contributed by atoms with Crippen LogP contribution in [0.1, 0.15) is 12.0 Å². The summed E-state index contributed by atoms with van der Waals surface area (Å²) in [4.78, 5) is 18.0. The van der Waals surface area contributed by atoms with Crippen LogP contribution in [0.5, 0.6) is 0 Å². The second-order valence-corrected chi connectivity index (χ2v) is 7.92. The Morgan fingerprint density at radius 3 is 3.00 bits per heavy atom. The van der Waals surface area contributed by atoms with Gasteiger partial charge in [0.2, 0.25) is 0 Å². The average molecular weight is 426 g/mol. The van der Waals surface area contributed by atoms with Gasteiger partial charge in [-0.25, -0.2) is 15.0 Å². The third-order valence-electron chi connectivity index (χ3n) is 5.57. The number of aromatic nitrogens is 6. The molecule has 0 saturated carbocycles. The smallest absolute Gasteiger partial charge is 0.194 e. The van der Waals surface area contributed by atoms with Crippen LogP contribution in [0.25, 0.3) is 22.2 Å². The Balaban J connectivity index is 1.20. The summed E-state index contributed by atoms with van der Waals surface area (Å²) in [7, 11) is 0. The number of benzene rings is 1. The van der Waals surface area contributed by atoms with Gasteiger partial charge in [0.1, 0.15) is 5.82 Å². The van der Waals surface area contributed by atoms with Crippen LogP contribution < -0.4 is 10.6 Å². The number of H-pyrrole nitrogens is 1. The van der Waals surface area contributed by atoms with E-state index in [1.165, 1.54) is 5.56 Å². The van der Waals surface area contributed by atoms with Crippen molar-refractivity contribution in [1.82, 2.24) is 29.7 Å². The number of aromatic amines is 1. The van der Waals surface area contributed by atoms with Crippen LogP contribution in [-0.2, 0) is 11.3 Å². The van der Waals surface area contributed by atoms with Crippen LogP contribution in [0.3, 0.4) is 0 Å². The van der Waals surface area contributed by atoms with Gasteiger partial charge in [-0.1, -0.05) is 12.1 Å². The molecule has 3 N–H and O–H groups in total. The van der Waals surface area contributed by atoms with Gasteiger partial charge in [-0.15, -0.1) is 0 Å². The van der Waals surface area contributed by atoms with Gasteiger partial charge >= 0.3 is 0 Å². The minimum Gasteiger partial charge on any atom is -0.379 e. The van der Waals surface area contributed by atoms with Crippen molar-refractivity contribution < 1.29 is 4.74 Å². The van der Waals surface area contributed by atoms with Gasteiger partial charge in [0.05, 0.1) is 30.9 Å². The summed E-state index contributed by atoms with van der Waals surface area (Å²) in [5, 5.41) is 11.1. The van der Waals surface area contributed by atoms with Crippen molar-refractivity contribution in [3.63, 3.8) is 0 Å². The van der Waals surface area contributed by atoms with Crippen molar-refractivity contribution in [2.45, 2.75) is 19.0 Å². The molecule has 1 aromatic carbocycles. The minimum atomic E-state index is 0.305. The van der Waals surface area contributed by atoms with Gasteiger partial charge in [-0.3, -0.25) is 14.8 Å². The summed E-state index contributed by atoms with van der Waals surface area (Å²) in [6.07, 6.45) is 6.30. The summed E-state index contributed by atoms with van der Waals surface area (Å²) in [6.45, 7) is 2.19. The highest BCUT2D eigenvalue weighted by molar-refractivity contribution is 5.79. The number of nitrogens with zero attached hydrogens (tertiary/aromatic N) is 5. The molecule has 9 heteroatoms. The quantitative estimate of drug-likeness (QED) is 0.380. The zero-order valence-electron chi connectivity index (χ0n) is 17.3. The molecule has 1 fully saturated rings. The van der Waals surface area contributed by atoms with Crippen LogP contribution in [0.4, 0.5) is 17.3 Å². The van der Waals surface area contributed by atoms with E-state index in [0.29, 0.717) is 25.0 Å². The number of hydrogen-bond donors (Lipinski definition) is 3. The standard InChI is InChI=1S/C23H22N8O/c1-2-16-10-15(3-4-19(16)24-7-1)13-31-23-22(30-31)26-12-21(29-23)27-17-5-8-25-20(11-17)28-18-6-9-32-14-18/h1-5,7-8,10-12,18H,6,9,13-14H2,(H,26,30)(H2,25,27,28,29). The fraction of sp³-hybridized carbons (Fsp3) is 0.217. The summed E-state index contributed by atoms with van der Waals surface area (Å²) < 4.78 is 7.41. The van der Waals surface area contributed by atoms with Gasteiger partial charge in [0.15, 0.2) is 17.1 Å². The van der Waals surface area contributed by atoms with Crippen molar-refractivity contribution in [3.8, 4) is 0 Å². The van der Waals surface area contributed by atoms with E-state index in [1.807, 2.05) is 35.1 Å². The fourth-order valence-corrected chi connectivity index (χ4v) is 3.95. The molecule has 5 heterocycles. The summed E-state index contributed by atoms with van der Waals surface area (Å²) in [5.74, 6) is 1.50. The number of ether oxygens (including phenoxy) is 1. The number of anilines is 3. The predicted molar refractivity (Wildman–Crippen MR) is 123 cm³/mol. The minimum absolute atomic E-state index is 0.305. The zero-order valence-corrected chi connectivity index (χ0v) is 17.3. The first-order chi connectivity index (χ1) is 15.8. The van der Waals surface area contributed by atoms with E-state index in [2.05, 4.69) is 48.9 Å². The molecule has 5 aromatic rings. The molecular weight excluding hydrogens is 404 g/mol. The maximum atomic E-state index is 5.42. The summed E-state index contributed by atoms with van der Waals surface area (Å²) in [5.41, 5.74) is 4.65. The number of hydrogen-bond acceptors (Lipinski definition) is 7. The van der Waals surface area contributed by atoms with Gasteiger partial charge < -0.3 is 15.4 Å². The maximum Gasteiger partial charge on any atom is 0.194 e. The number of nitrogens with one attached hydrogen (secondary N) is 3. The molecule has 0 amide bonds. The van der Waals surface area contributed by atoms with E-state index in [-0.39, 0.29) is 0 Å². The van der Waals surface area contributed by atoms with Crippen molar-refractivity contribution in [3.05, 3.63) is 66.6 Å². The van der Waals surface area contributed by atoms with Gasteiger partial charge in [0.25, 0.3) is 0 Å². The van der Waals surface area contributed by atoms with E-state index >= 15 is 0 Å². The maximum absolute atomic E-state index is 5.42. The van der Waals surface area contributed by atoms with Crippen LogP contribution in [-0.4, -0.2) is 49.0 Å². The fourth-order valence-electron chi connectivity index (χ4n) is 3.95. The van der Waals surface area contributed by atoms with Crippen LogP contribution in [0.15, 0.2) is 61.1 Å². The normalized spacial score (nSPS) is 16.1. The van der Waals surface area contributed by atoms with Crippen LogP contribution in [0.2, 0.25) is 0 Å². The van der Waals surface area contributed by atoms with Crippen molar-refractivity contribution >= 4 is 39.5 Å². The predicted octanol–water partition coefficient (Wildman–Crippen LogP) is 3.70. The first-order valence-corrected chi connectivity index (χ1v) is 10.6. The monoisotopic (exact) mass is 426 g/mol. The molecule has 1 atom stereocenters. The van der Waals surface area contributed by atoms with Crippen molar-refractivity contribution in [2.75, 3.05) is 23.8 Å². The average Bonchev–Trinajstić information content (AvgIpc) is 3.32. The second kappa shape index (κ2) is 7.93. The molecule has 1 saturated heterocycles. The third kappa shape index (κ3) is 3.74. The first-order valence-electron chi connectivity index (χ1n) is 10.6. The Morgan fingerprint density at radius 2 is 2.06 bits per heavy atom. The van der Waals surface area contributed by atoms with Crippen LogP contribution >= 0.6 is 0 Å². The Bertz CT molecular complexity index is 1390. The second-order valence-electron chi connectivity index (χ2n) is 7.92. The van der Waals surface area contributed by atoms with Crippen molar-refractivity contribution in [2.24, 2.45) is 0 Å². The van der Waals surface area contributed by atoms with E-state index in [0.717, 1.165) is 46.7 Å². The van der Waals surface area contributed by atoms with Gasteiger partial charge in [-0.05, 0) is 36.2 Å². The molecule has 1 aliphatic heterocycles. The molecule has 0 spiro atoms. The summed E-state index contributed by atoms with van der Waals surface area (Å²) in [6, 6.07) is 14.5. The lowest BCUT2D eigenvalue weighted by Gasteiger charge is -2.16. The van der Waals surface area contributed by atoms with Gasteiger partial charge in [0, 0.05) is 36.1 Å². The Hall–Kier alpha value is -3.98. The van der Waals surface area contributed by atoms with E-state index in [4.69, 9.17) is 9.72 Å². The third-order valence-corrected chi connectivity index (χ3v) is 5.57. The topological polar surface area (TPSA) is 106 Å². The SMILES string of the molecule is c1cnc2ccc(Cn3[nH]c4ncc(Nc5ccnc(NC6CCOC6)c5)nc43)cc2c1. The zero-order chi connectivity index (χ0) is 21.3. The molecule has 6 rings (SSSR count). The van der Waals surface area contributed by atoms with E-state index in [1.54, 1.807) is 12.4 Å². The lowest BCUT2D eigenvalue weighted by molar-refractivity contribution is 0.195. The molecule has 1 unspecified atom stereocenters.